The molecule has 0 aliphatic carbocycles. The molecule has 0 bridgehead atoms. The van der Waals surface area contributed by atoms with Crippen LogP contribution in [0.2, 0.25) is 0 Å². The van der Waals surface area contributed by atoms with E-state index in [1.54, 1.807) is 11.3 Å². The Labute approximate surface area is 140 Å². The normalized spacial score (nSPS) is 16.3. The van der Waals surface area contributed by atoms with Crippen LogP contribution < -0.4 is 9.64 Å². The van der Waals surface area contributed by atoms with Gasteiger partial charge in [-0.05, 0) is 26.0 Å². The lowest BCUT2D eigenvalue weighted by Gasteiger charge is -2.35. The van der Waals surface area contributed by atoms with Crippen LogP contribution in [0.25, 0.3) is 0 Å². The molecule has 1 aromatic heterocycles. The fourth-order valence-corrected chi connectivity index (χ4v) is 3.32. The number of hydrogen-bond acceptors (Lipinski definition) is 5. The average molecular weight is 331 g/mol. The monoisotopic (exact) mass is 331 g/mol. The number of anilines is 1. The van der Waals surface area contributed by atoms with Crippen molar-refractivity contribution in [3.05, 3.63) is 41.4 Å². The maximum absolute atomic E-state index is 12.5. The van der Waals surface area contributed by atoms with Gasteiger partial charge in [-0.25, -0.2) is 4.98 Å². The highest BCUT2D eigenvalue weighted by molar-refractivity contribution is 7.13. The highest BCUT2D eigenvalue weighted by Gasteiger charge is 2.26. The molecule has 1 aromatic carbocycles. The fourth-order valence-electron chi connectivity index (χ4n) is 2.62. The van der Waals surface area contributed by atoms with E-state index in [9.17, 15) is 4.79 Å². The minimum Gasteiger partial charge on any atom is -0.481 e. The molecule has 0 radical (unpaired) electrons. The van der Waals surface area contributed by atoms with Gasteiger partial charge in [0.25, 0.3) is 5.91 Å². The summed E-state index contributed by atoms with van der Waals surface area (Å²) < 4.78 is 5.77. The van der Waals surface area contributed by atoms with Crippen LogP contribution in [-0.2, 0) is 4.79 Å². The van der Waals surface area contributed by atoms with Crippen LogP contribution in [0.3, 0.4) is 0 Å². The van der Waals surface area contributed by atoms with Gasteiger partial charge in [-0.1, -0.05) is 17.7 Å². The van der Waals surface area contributed by atoms with E-state index in [4.69, 9.17) is 4.74 Å². The van der Waals surface area contributed by atoms with Gasteiger partial charge in [-0.2, -0.15) is 0 Å². The highest BCUT2D eigenvalue weighted by Crippen LogP contribution is 2.20. The number of benzene rings is 1. The Kier molecular flexibility index (Phi) is 4.81. The second-order valence-electron chi connectivity index (χ2n) is 5.70. The fraction of sp³-hybridized carbons (Fsp3) is 0.412. The number of thiazole rings is 1. The SMILES string of the molecule is Cc1ccc(O[C@@H](C)C(=O)N2CCN(c3nccs3)CC2)cc1. The Morgan fingerprint density at radius 3 is 2.52 bits per heavy atom. The first-order valence-corrected chi connectivity index (χ1v) is 8.68. The number of hydrogen-bond donors (Lipinski definition) is 0. The molecule has 0 N–H and O–H groups in total. The van der Waals surface area contributed by atoms with Crippen LogP contribution in [0.15, 0.2) is 35.8 Å². The molecular weight excluding hydrogens is 310 g/mol. The van der Waals surface area contributed by atoms with E-state index in [1.807, 2.05) is 54.6 Å². The number of ether oxygens (including phenoxy) is 1. The molecule has 0 saturated carbocycles. The van der Waals surface area contributed by atoms with E-state index in [1.165, 1.54) is 5.56 Å². The third-order valence-electron chi connectivity index (χ3n) is 3.96. The topological polar surface area (TPSA) is 45.7 Å². The van der Waals surface area contributed by atoms with Crippen LogP contribution in [0.1, 0.15) is 12.5 Å². The minimum absolute atomic E-state index is 0.0457. The lowest BCUT2D eigenvalue weighted by Crippen LogP contribution is -2.52. The molecule has 1 aliphatic heterocycles. The summed E-state index contributed by atoms with van der Waals surface area (Å²) in [7, 11) is 0. The minimum atomic E-state index is -0.468. The molecule has 6 heteroatoms. The Hall–Kier alpha value is -2.08. The second kappa shape index (κ2) is 7.00. The standard InChI is InChI=1S/C17H21N3O2S/c1-13-3-5-15(6-4-13)22-14(2)16(21)19-8-10-20(11-9-19)17-18-7-12-23-17/h3-7,12,14H,8-11H2,1-2H3/t14-/m0/s1. The van der Waals surface area contributed by atoms with Crippen molar-refractivity contribution >= 4 is 22.4 Å². The smallest absolute Gasteiger partial charge is 0.263 e. The molecule has 2 heterocycles. The van der Waals surface area contributed by atoms with E-state index in [0.29, 0.717) is 13.1 Å². The first-order valence-electron chi connectivity index (χ1n) is 7.80. The molecule has 1 amide bonds. The number of carbonyl (C=O) groups is 1. The zero-order chi connectivity index (χ0) is 16.2. The van der Waals surface area contributed by atoms with Gasteiger partial charge in [0.05, 0.1) is 0 Å². The van der Waals surface area contributed by atoms with Crippen molar-refractivity contribution in [3.63, 3.8) is 0 Å². The predicted molar refractivity (Wildman–Crippen MR) is 92.2 cm³/mol. The van der Waals surface area contributed by atoms with Gasteiger partial charge < -0.3 is 14.5 Å². The van der Waals surface area contributed by atoms with E-state index in [0.717, 1.165) is 24.0 Å². The maximum Gasteiger partial charge on any atom is 0.263 e. The van der Waals surface area contributed by atoms with Crippen molar-refractivity contribution in [2.45, 2.75) is 20.0 Å². The summed E-state index contributed by atoms with van der Waals surface area (Å²) in [6.45, 7) is 6.89. The quantitative estimate of drug-likeness (QED) is 0.864. The average Bonchev–Trinajstić information content (AvgIpc) is 3.11. The summed E-state index contributed by atoms with van der Waals surface area (Å²) in [4.78, 5) is 21.0. The van der Waals surface area contributed by atoms with Crippen LogP contribution in [0, 0.1) is 6.92 Å². The molecule has 122 valence electrons. The Morgan fingerprint density at radius 2 is 1.91 bits per heavy atom. The lowest BCUT2D eigenvalue weighted by atomic mass is 10.2. The van der Waals surface area contributed by atoms with Crippen LogP contribution in [0.5, 0.6) is 5.75 Å². The summed E-state index contributed by atoms with van der Waals surface area (Å²) in [5, 5.41) is 3.01. The van der Waals surface area contributed by atoms with E-state index >= 15 is 0 Å². The van der Waals surface area contributed by atoms with Crippen LogP contribution in [-0.4, -0.2) is 48.1 Å². The molecule has 1 fully saturated rings. The van der Waals surface area contributed by atoms with Crippen molar-refractivity contribution in [1.29, 1.82) is 0 Å². The van der Waals surface area contributed by atoms with Gasteiger partial charge >= 0.3 is 0 Å². The van der Waals surface area contributed by atoms with Gasteiger partial charge in [-0.15, -0.1) is 11.3 Å². The molecule has 3 rings (SSSR count). The molecular formula is C17H21N3O2S. The Bertz CT molecular complexity index is 634. The molecule has 0 unspecified atom stereocenters. The highest BCUT2D eigenvalue weighted by atomic mass is 32.1. The lowest BCUT2D eigenvalue weighted by molar-refractivity contribution is -0.138. The summed E-state index contributed by atoms with van der Waals surface area (Å²) >= 11 is 1.63. The first-order chi connectivity index (χ1) is 11.1. The molecule has 1 aliphatic rings. The maximum atomic E-state index is 12.5. The summed E-state index contributed by atoms with van der Waals surface area (Å²) in [6, 6.07) is 7.78. The predicted octanol–water partition coefficient (Wildman–Crippen LogP) is 2.57. The molecule has 1 atom stereocenters. The zero-order valence-electron chi connectivity index (χ0n) is 13.4. The Morgan fingerprint density at radius 1 is 1.22 bits per heavy atom. The molecule has 5 nitrogen and oxygen atoms in total. The Balaban J connectivity index is 1.53. The van der Waals surface area contributed by atoms with E-state index in [-0.39, 0.29) is 5.91 Å². The molecule has 1 saturated heterocycles. The summed E-state index contributed by atoms with van der Waals surface area (Å²) in [5.41, 5.74) is 1.18. The van der Waals surface area contributed by atoms with Gasteiger partial charge in [0.15, 0.2) is 11.2 Å². The van der Waals surface area contributed by atoms with Gasteiger partial charge in [0.1, 0.15) is 5.75 Å². The number of rotatable bonds is 4. The zero-order valence-corrected chi connectivity index (χ0v) is 14.3. The number of amides is 1. The van der Waals surface area contributed by atoms with Gasteiger partial charge in [0, 0.05) is 37.8 Å². The van der Waals surface area contributed by atoms with Crippen LogP contribution >= 0.6 is 11.3 Å². The number of carbonyl (C=O) groups excluding carboxylic acids is 1. The van der Waals surface area contributed by atoms with Crippen molar-refractivity contribution < 1.29 is 9.53 Å². The van der Waals surface area contributed by atoms with Crippen LogP contribution in [0.4, 0.5) is 5.13 Å². The number of aromatic nitrogens is 1. The number of aryl methyl sites for hydroxylation is 1. The van der Waals surface area contributed by atoms with E-state index < -0.39 is 6.10 Å². The van der Waals surface area contributed by atoms with Crippen molar-refractivity contribution in [1.82, 2.24) is 9.88 Å². The number of piperazine rings is 1. The third-order valence-corrected chi connectivity index (χ3v) is 4.79. The molecule has 23 heavy (non-hydrogen) atoms. The van der Waals surface area contributed by atoms with Crippen molar-refractivity contribution in [2.75, 3.05) is 31.1 Å². The van der Waals surface area contributed by atoms with Crippen molar-refractivity contribution in [3.8, 4) is 5.75 Å². The molecule has 0 spiro atoms. The van der Waals surface area contributed by atoms with E-state index in [2.05, 4.69) is 9.88 Å². The number of nitrogens with zero attached hydrogens (tertiary/aromatic N) is 3. The second-order valence-corrected chi connectivity index (χ2v) is 6.57. The van der Waals surface area contributed by atoms with Gasteiger partial charge in [-0.3, -0.25) is 4.79 Å². The third kappa shape index (κ3) is 3.82. The van der Waals surface area contributed by atoms with Gasteiger partial charge in [0.2, 0.25) is 0 Å². The molecule has 2 aromatic rings. The summed E-state index contributed by atoms with van der Waals surface area (Å²) in [6.07, 6.45) is 1.35. The summed E-state index contributed by atoms with van der Waals surface area (Å²) in [5.74, 6) is 0.780. The first kappa shape index (κ1) is 15.8. The largest absolute Gasteiger partial charge is 0.481 e. The van der Waals surface area contributed by atoms with Crippen molar-refractivity contribution in [2.24, 2.45) is 0 Å².